The quantitative estimate of drug-likeness (QED) is 0.297. The maximum atomic E-state index is 5.48. The highest BCUT2D eigenvalue weighted by Crippen LogP contribution is 2.21. The number of aliphatic imine (C=N–C) groups is 1. The number of nitrogens with zero attached hydrogens (tertiary/aromatic N) is 2. The molecule has 1 aromatic heterocycles. The molecule has 0 amide bonds. The lowest BCUT2D eigenvalue weighted by molar-refractivity contribution is 0.179. The molecule has 1 fully saturated rings. The monoisotopic (exact) mass is 542 g/mol. The van der Waals surface area contributed by atoms with Crippen molar-refractivity contribution < 1.29 is 4.74 Å². The largest absolute Gasteiger partial charge is 0.496 e. The van der Waals surface area contributed by atoms with Gasteiger partial charge in [0.05, 0.1) is 7.11 Å². The molecule has 2 N–H and O–H groups in total. The van der Waals surface area contributed by atoms with Gasteiger partial charge in [0.15, 0.2) is 5.96 Å². The molecule has 2 heterocycles. The van der Waals surface area contributed by atoms with Crippen LogP contribution in [-0.4, -0.2) is 51.2 Å². The van der Waals surface area contributed by atoms with Crippen molar-refractivity contribution in [2.24, 2.45) is 10.9 Å². The summed E-state index contributed by atoms with van der Waals surface area (Å²) in [7, 11) is 3.57. The number of thiophene rings is 1. The molecule has 0 saturated carbocycles. The normalized spacial score (nSPS) is 15.5. The van der Waals surface area contributed by atoms with Gasteiger partial charge in [-0.1, -0.05) is 23.8 Å². The van der Waals surface area contributed by atoms with Crippen LogP contribution in [-0.2, 0) is 13.0 Å². The molecule has 0 spiro atoms. The molecule has 30 heavy (non-hydrogen) atoms. The van der Waals surface area contributed by atoms with Crippen molar-refractivity contribution in [1.29, 1.82) is 0 Å². The van der Waals surface area contributed by atoms with E-state index in [2.05, 4.69) is 57.1 Å². The molecule has 166 valence electrons. The summed E-state index contributed by atoms with van der Waals surface area (Å²) in [4.78, 5) is 8.43. The Morgan fingerprint density at radius 2 is 2.03 bits per heavy atom. The summed E-state index contributed by atoms with van der Waals surface area (Å²) >= 11 is 1.86. The molecule has 1 aromatic carbocycles. The Kier molecular flexibility index (Phi) is 11.0. The zero-order valence-electron chi connectivity index (χ0n) is 18.3. The van der Waals surface area contributed by atoms with Gasteiger partial charge in [0.2, 0.25) is 0 Å². The molecule has 0 bridgehead atoms. The molecule has 7 heteroatoms. The van der Waals surface area contributed by atoms with E-state index in [-0.39, 0.29) is 24.0 Å². The summed E-state index contributed by atoms with van der Waals surface area (Å²) < 4.78 is 5.48. The first kappa shape index (κ1) is 24.9. The summed E-state index contributed by atoms with van der Waals surface area (Å²) in [5, 5.41) is 9.12. The minimum Gasteiger partial charge on any atom is -0.496 e. The number of hydrogen-bond acceptors (Lipinski definition) is 4. The second-order valence-corrected chi connectivity index (χ2v) is 8.78. The Morgan fingerprint density at radius 3 is 2.70 bits per heavy atom. The number of halogens is 1. The van der Waals surface area contributed by atoms with Crippen LogP contribution in [0.1, 0.15) is 28.8 Å². The fourth-order valence-corrected chi connectivity index (χ4v) is 4.60. The van der Waals surface area contributed by atoms with Gasteiger partial charge < -0.3 is 15.4 Å². The minimum atomic E-state index is 0. The number of guanidine groups is 1. The van der Waals surface area contributed by atoms with E-state index in [4.69, 9.17) is 4.74 Å². The van der Waals surface area contributed by atoms with Gasteiger partial charge in [-0.15, -0.1) is 35.3 Å². The first-order valence-electron chi connectivity index (χ1n) is 10.5. The van der Waals surface area contributed by atoms with Crippen molar-refractivity contribution >= 4 is 41.3 Å². The van der Waals surface area contributed by atoms with Gasteiger partial charge >= 0.3 is 0 Å². The first-order valence-corrected chi connectivity index (χ1v) is 11.4. The Balaban J connectivity index is 0.00000320. The van der Waals surface area contributed by atoms with Crippen LogP contribution in [0.4, 0.5) is 0 Å². The summed E-state index contributed by atoms with van der Waals surface area (Å²) in [5.41, 5.74) is 2.49. The molecule has 2 aromatic rings. The zero-order chi connectivity index (χ0) is 20.5. The number of nitrogens with one attached hydrogen (secondary N) is 2. The lowest BCUT2D eigenvalue weighted by Crippen LogP contribution is -2.43. The highest BCUT2D eigenvalue weighted by molar-refractivity contribution is 14.0. The molecule has 1 aliphatic rings. The van der Waals surface area contributed by atoms with E-state index in [1.54, 1.807) is 7.11 Å². The van der Waals surface area contributed by atoms with E-state index in [1.807, 2.05) is 24.5 Å². The number of piperidine rings is 1. The van der Waals surface area contributed by atoms with Gasteiger partial charge in [-0.2, -0.15) is 0 Å². The second kappa shape index (κ2) is 13.2. The van der Waals surface area contributed by atoms with Crippen molar-refractivity contribution in [2.45, 2.75) is 32.7 Å². The maximum absolute atomic E-state index is 5.48. The number of benzene rings is 1. The van der Waals surface area contributed by atoms with Crippen molar-refractivity contribution in [3.63, 3.8) is 0 Å². The molecule has 1 aliphatic heterocycles. The topological polar surface area (TPSA) is 48.9 Å². The lowest BCUT2D eigenvalue weighted by Gasteiger charge is -2.32. The third kappa shape index (κ3) is 7.74. The van der Waals surface area contributed by atoms with Crippen LogP contribution in [0.3, 0.4) is 0 Å². The number of likely N-dealkylation sites (tertiary alicyclic amines) is 1. The summed E-state index contributed by atoms with van der Waals surface area (Å²) in [6, 6.07) is 10.7. The number of aryl methyl sites for hydroxylation is 1. The van der Waals surface area contributed by atoms with Gasteiger partial charge in [-0.05, 0) is 68.3 Å². The molecule has 0 atom stereocenters. The Labute approximate surface area is 202 Å². The Hall–Kier alpha value is -1.32. The molecular weight excluding hydrogens is 507 g/mol. The number of ether oxygens (including phenoxy) is 1. The molecular formula is C23H35IN4OS. The first-order chi connectivity index (χ1) is 14.2. The summed E-state index contributed by atoms with van der Waals surface area (Å²) in [6.07, 6.45) is 3.40. The lowest BCUT2D eigenvalue weighted by atomic mass is 9.97. The van der Waals surface area contributed by atoms with E-state index in [0.29, 0.717) is 5.92 Å². The van der Waals surface area contributed by atoms with Gasteiger partial charge in [0.25, 0.3) is 0 Å². The fraction of sp³-hybridized carbons (Fsp3) is 0.522. The molecule has 0 radical (unpaired) electrons. The smallest absolute Gasteiger partial charge is 0.190 e. The van der Waals surface area contributed by atoms with Crippen LogP contribution in [0.25, 0.3) is 0 Å². The van der Waals surface area contributed by atoms with Crippen LogP contribution in [0.2, 0.25) is 0 Å². The average Bonchev–Trinajstić information content (AvgIpc) is 3.25. The van der Waals surface area contributed by atoms with E-state index in [1.165, 1.54) is 41.9 Å². The van der Waals surface area contributed by atoms with Crippen LogP contribution >= 0.6 is 35.3 Å². The molecule has 0 unspecified atom stereocenters. The minimum absolute atomic E-state index is 0. The predicted molar refractivity (Wildman–Crippen MR) is 139 cm³/mol. The van der Waals surface area contributed by atoms with Gasteiger partial charge in [-0.3, -0.25) is 9.89 Å². The van der Waals surface area contributed by atoms with Gasteiger partial charge in [-0.25, -0.2) is 0 Å². The fourth-order valence-electron chi connectivity index (χ4n) is 3.85. The van der Waals surface area contributed by atoms with Gasteiger partial charge in [0.1, 0.15) is 5.75 Å². The SMILES string of the molecule is CN=C(NCCc1cc(C)ccc1OC)NCC1CCN(Cc2cccs2)CC1.I. The van der Waals surface area contributed by atoms with Crippen molar-refractivity contribution in [2.75, 3.05) is 40.3 Å². The third-order valence-electron chi connectivity index (χ3n) is 5.57. The van der Waals surface area contributed by atoms with Crippen LogP contribution in [0, 0.1) is 12.8 Å². The molecule has 0 aliphatic carbocycles. The van der Waals surface area contributed by atoms with Crippen LogP contribution in [0.15, 0.2) is 40.7 Å². The standard InChI is InChI=1S/C23H34N4OS.HI/c1-18-6-7-22(28-3)20(15-18)8-11-25-23(24-2)26-16-19-9-12-27(13-10-19)17-21-5-4-14-29-21;/h4-7,14-15,19H,8-13,16-17H2,1-3H3,(H2,24,25,26);1H. The molecule has 1 saturated heterocycles. The zero-order valence-corrected chi connectivity index (χ0v) is 21.5. The maximum Gasteiger partial charge on any atom is 0.190 e. The highest BCUT2D eigenvalue weighted by atomic mass is 127. The van der Waals surface area contributed by atoms with E-state index < -0.39 is 0 Å². The molecule has 3 rings (SSSR count). The summed E-state index contributed by atoms with van der Waals surface area (Å²) in [6.45, 7) is 7.40. The second-order valence-electron chi connectivity index (χ2n) is 7.74. The van der Waals surface area contributed by atoms with Crippen LogP contribution in [0.5, 0.6) is 5.75 Å². The Bertz CT molecular complexity index is 774. The van der Waals surface area contributed by atoms with Crippen molar-refractivity contribution in [3.05, 3.63) is 51.7 Å². The van der Waals surface area contributed by atoms with Crippen LogP contribution < -0.4 is 15.4 Å². The van der Waals surface area contributed by atoms with Crippen molar-refractivity contribution in [1.82, 2.24) is 15.5 Å². The number of rotatable bonds is 8. The van der Waals surface area contributed by atoms with E-state index in [0.717, 1.165) is 37.8 Å². The molecule has 5 nitrogen and oxygen atoms in total. The Morgan fingerprint density at radius 1 is 1.23 bits per heavy atom. The number of methoxy groups -OCH3 is 1. The van der Waals surface area contributed by atoms with E-state index >= 15 is 0 Å². The highest BCUT2D eigenvalue weighted by Gasteiger charge is 2.19. The van der Waals surface area contributed by atoms with E-state index in [9.17, 15) is 0 Å². The van der Waals surface area contributed by atoms with Crippen molar-refractivity contribution in [3.8, 4) is 5.75 Å². The average molecular weight is 543 g/mol. The third-order valence-corrected chi connectivity index (χ3v) is 6.43. The number of hydrogen-bond donors (Lipinski definition) is 2. The predicted octanol–water partition coefficient (Wildman–Crippen LogP) is 4.30. The summed E-state index contributed by atoms with van der Waals surface area (Å²) in [5.74, 6) is 2.55. The van der Waals surface area contributed by atoms with Gasteiger partial charge in [0, 0.05) is 31.6 Å².